The van der Waals surface area contributed by atoms with E-state index in [1.54, 1.807) is 4.31 Å². The molecule has 0 aromatic heterocycles. The topological polar surface area (TPSA) is 63.4 Å². The van der Waals surface area contributed by atoms with Crippen molar-refractivity contribution in [2.75, 3.05) is 19.3 Å². The molecule has 0 aliphatic carbocycles. The summed E-state index contributed by atoms with van der Waals surface area (Å²) in [4.78, 5) is 0. The van der Waals surface area contributed by atoms with Crippen LogP contribution in [0.3, 0.4) is 0 Å². The van der Waals surface area contributed by atoms with Crippen LogP contribution in [-0.4, -0.2) is 38.1 Å². The number of nitrogens with zero attached hydrogens (tertiary/aromatic N) is 1. The van der Waals surface area contributed by atoms with Crippen molar-refractivity contribution in [2.45, 2.75) is 70.8 Å². The molecule has 0 aromatic rings. The van der Waals surface area contributed by atoms with Crippen LogP contribution in [0.15, 0.2) is 0 Å². The Labute approximate surface area is 125 Å². The van der Waals surface area contributed by atoms with Gasteiger partial charge in [-0.1, -0.05) is 39.0 Å². The van der Waals surface area contributed by atoms with Crippen molar-refractivity contribution in [3.63, 3.8) is 0 Å². The van der Waals surface area contributed by atoms with Crippen molar-refractivity contribution in [3.05, 3.63) is 0 Å². The smallest absolute Gasteiger partial charge is 0.211 e. The highest BCUT2D eigenvalue weighted by Crippen LogP contribution is 2.23. The van der Waals surface area contributed by atoms with Gasteiger partial charge in [-0.15, -0.1) is 0 Å². The zero-order valence-corrected chi connectivity index (χ0v) is 14.0. The van der Waals surface area contributed by atoms with Gasteiger partial charge >= 0.3 is 0 Å². The quantitative estimate of drug-likeness (QED) is 0.666. The third-order valence-electron chi connectivity index (χ3n) is 4.27. The molecule has 2 N–H and O–H groups in total. The van der Waals surface area contributed by atoms with Crippen LogP contribution in [0.4, 0.5) is 0 Å². The molecule has 0 radical (unpaired) electrons. The molecule has 0 bridgehead atoms. The Kier molecular flexibility index (Phi) is 8.07. The van der Waals surface area contributed by atoms with Gasteiger partial charge in [0.25, 0.3) is 0 Å². The number of unbranched alkanes of at least 4 members (excludes halogenated alkanes) is 4. The zero-order chi connectivity index (χ0) is 15.0. The first-order valence-corrected chi connectivity index (χ1v) is 9.99. The summed E-state index contributed by atoms with van der Waals surface area (Å²) >= 11 is 0. The van der Waals surface area contributed by atoms with Crippen LogP contribution in [-0.2, 0) is 10.0 Å². The fraction of sp³-hybridized carbons (Fsp3) is 1.00. The van der Waals surface area contributed by atoms with Crippen LogP contribution >= 0.6 is 0 Å². The summed E-state index contributed by atoms with van der Waals surface area (Å²) < 4.78 is 24.8. The summed E-state index contributed by atoms with van der Waals surface area (Å²) in [5, 5.41) is 0. The van der Waals surface area contributed by atoms with E-state index in [9.17, 15) is 8.42 Å². The molecule has 1 rings (SSSR count). The molecule has 0 amide bonds. The lowest BCUT2D eigenvalue weighted by Crippen LogP contribution is -2.41. The summed E-state index contributed by atoms with van der Waals surface area (Å²) in [6.45, 7) is 3.58. The number of sulfonamides is 1. The summed E-state index contributed by atoms with van der Waals surface area (Å²) in [6, 6.07) is 0.237. The van der Waals surface area contributed by atoms with Gasteiger partial charge in [-0.05, 0) is 31.6 Å². The van der Waals surface area contributed by atoms with E-state index in [1.165, 1.54) is 38.4 Å². The second-order valence-corrected chi connectivity index (χ2v) is 8.31. The minimum Gasteiger partial charge on any atom is -0.328 e. The van der Waals surface area contributed by atoms with Crippen molar-refractivity contribution >= 4 is 10.0 Å². The van der Waals surface area contributed by atoms with E-state index in [1.807, 2.05) is 0 Å². The van der Waals surface area contributed by atoms with Crippen molar-refractivity contribution in [1.82, 2.24) is 4.31 Å². The minimum absolute atomic E-state index is 0.237. The molecule has 1 fully saturated rings. The van der Waals surface area contributed by atoms with Gasteiger partial charge in [-0.25, -0.2) is 12.7 Å². The monoisotopic (exact) mass is 304 g/mol. The molecule has 2 unspecified atom stereocenters. The fourth-order valence-corrected chi connectivity index (χ4v) is 4.02. The average molecular weight is 305 g/mol. The Morgan fingerprint density at radius 2 is 1.95 bits per heavy atom. The largest absolute Gasteiger partial charge is 0.328 e. The number of hydrogen-bond acceptors (Lipinski definition) is 3. The van der Waals surface area contributed by atoms with Crippen LogP contribution in [0.25, 0.3) is 0 Å². The van der Waals surface area contributed by atoms with E-state index < -0.39 is 10.0 Å². The zero-order valence-electron chi connectivity index (χ0n) is 13.2. The fourth-order valence-electron chi connectivity index (χ4n) is 3.08. The van der Waals surface area contributed by atoms with Crippen LogP contribution in [0.5, 0.6) is 0 Å². The lowest BCUT2D eigenvalue weighted by Gasteiger charge is -2.32. The molecule has 1 aliphatic heterocycles. The van der Waals surface area contributed by atoms with E-state index in [0.29, 0.717) is 19.0 Å². The predicted molar refractivity (Wildman–Crippen MR) is 85.1 cm³/mol. The second-order valence-electron chi connectivity index (χ2n) is 6.33. The standard InChI is InChI=1S/C15H32N2O2S/c1-3-4-5-6-7-10-15(16)12-14-9-8-11-17(13-14)20(2,18)19/h14-15H,3-13,16H2,1-2H3. The molecule has 0 spiro atoms. The van der Waals surface area contributed by atoms with Gasteiger partial charge in [0.05, 0.1) is 6.26 Å². The van der Waals surface area contributed by atoms with Gasteiger partial charge in [0.2, 0.25) is 10.0 Å². The number of hydrogen-bond donors (Lipinski definition) is 1. The second kappa shape index (κ2) is 9.00. The summed E-state index contributed by atoms with van der Waals surface area (Å²) in [6.07, 6.45) is 11.9. The maximum atomic E-state index is 11.6. The Hall–Kier alpha value is -0.130. The van der Waals surface area contributed by atoms with Gasteiger partial charge in [-0.2, -0.15) is 0 Å². The van der Waals surface area contributed by atoms with E-state index in [4.69, 9.17) is 5.73 Å². The molecule has 0 aromatic carbocycles. The summed E-state index contributed by atoms with van der Waals surface area (Å²) in [5.41, 5.74) is 6.21. The minimum atomic E-state index is -3.03. The Bertz CT molecular complexity index is 357. The maximum absolute atomic E-state index is 11.6. The van der Waals surface area contributed by atoms with E-state index in [2.05, 4.69) is 6.92 Å². The summed E-state index contributed by atoms with van der Waals surface area (Å²) in [5.74, 6) is 0.448. The number of piperidine rings is 1. The molecule has 1 heterocycles. The van der Waals surface area contributed by atoms with Gasteiger partial charge in [0.1, 0.15) is 0 Å². The molecular weight excluding hydrogens is 272 g/mol. The lowest BCUT2D eigenvalue weighted by molar-refractivity contribution is 0.243. The van der Waals surface area contributed by atoms with E-state index >= 15 is 0 Å². The van der Waals surface area contributed by atoms with Crippen LogP contribution in [0, 0.1) is 5.92 Å². The van der Waals surface area contributed by atoms with Crippen molar-refractivity contribution in [3.8, 4) is 0 Å². The SMILES string of the molecule is CCCCCCCC(N)CC1CCCN(S(C)(=O)=O)C1. The Balaban J connectivity index is 2.22. The van der Waals surface area contributed by atoms with Crippen molar-refractivity contribution in [2.24, 2.45) is 11.7 Å². The maximum Gasteiger partial charge on any atom is 0.211 e. The van der Waals surface area contributed by atoms with Gasteiger partial charge in [0, 0.05) is 19.1 Å². The highest BCUT2D eigenvalue weighted by atomic mass is 32.2. The molecular formula is C15H32N2O2S. The summed E-state index contributed by atoms with van der Waals surface area (Å²) in [7, 11) is -3.03. The third-order valence-corrected chi connectivity index (χ3v) is 5.53. The first-order valence-electron chi connectivity index (χ1n) is 8.14. The normalized spacial score (nSPS) is 22.9. The predicted octanol–water partition coefficient (Wildman–Crippen LogP) is 2.74. The molecule has 2 atom stereocenters. The van der Waals surface area contributed by atoms with Gasteiger partial charge in [0.15, 0.2) is 0 Å². The molecule has 20 heavy (non-hydrogen) atoms. The molecule has 1 saturated heterocycles. The molecule has 1 aliphatic rings. The highest BCUT2D eigenvalue weighted by Gasteiger charge is 2.26. The first-order chi connectivity index (χ1) is 9.43. The number of rotatable bonds is 9. The Morgan fingerprint density at radius 1 is 1.25 bits per heavy atom. The molecule has 120 valence electrons. The van der Waals surface area contributed by atoms with E-state index in [0.717, 1.165) is 25.7 Å². The van der Waals surface area contributed by atoms with Crippen molar-refractivity contribution < 1.29 is 8.42 Å². The van der Waals surface area contributed by atoms with Crippen LogP contribution in [0.1, 0.15) is 64.7 Å². The third kappa shape index (κ3) is 7.04. The molecule has 5 heteroatoms. The lowest BCUT2D eigenvalue weighted by atomic mass is 9.90. The van der Waals surface area contributed by atoms with Crippen LogP contribution in [0.2, 0.25) is 0 Å². The number of nitrogens with two attached hydrogens (primary N) is 1. The Morgan fingerprint density at radius 3 is 2.60 bits per heavy atom. The van der Waals surface area contributed by atoms with E-state index in [-0.39, 0.29) is 6.04 Å². The highest BCUT2D eigenvalue weighted by molar-refractivity contribution is 7.88. The van der Waals surface area contributed by atoms with Gasteiger partial charge < -0.3 is 5.73 Å². The molecule has 0 saturated carbocycles. The van der Waals surface area contributed by atoms with Crippen LogP contribution < -0.4 is 5.73 Å². The first kappa shape index (κ1) is 17.9. The van der Waals surface area contributed by atoms with Crippen molar-refractivity contribution in [1.29, 1.82) is 0 Å². The van der Waals surface area contributed by atoms with Gasteiger partial charge in [-0.3, -0.25) is 0 Å². The molecule has 4 nitrogen and oxygen atoms in total. The average Bonchev–Trinajstić information content (AvgIpc) is 2.38.